The number of nitrogens with zero attached hydrogens (tertiary/aromatic N) is 2. The summed E-state index contributed by atoms with van der Waals surface area (Å²) in [6.45, 7) is 0.552. The fourth-order valence-electron chi connectivity index (χ4n) is 4.11. The lowest BCUT2D eigenvalue weighted by Crippen LogP contribution is -2.41. The van der Waals surface area contributed by atoms with E-state index >= 15 is 0 Å². The van der Waals surface area contributed by atoms with Crippen LogP contribution in [0.5, 0.6) is 0 Å². The lowest BCUT2D eigenvalue weighted by Gasteiger charge is -2.36. The van der Waals surface area contributed by atoms with Gasteiger partial charge in [-0.1, -0.05) is 36.4 Å². The summed E-state index contributed by atoms with van der Waals surface area (Å²) in [5.41, 5.74) is 6.09. The molecule has 28 heavy (non-hydrogen) atoms. The van der Waals surface area contributed by atoms with E-state index in [1.165, 1.54) is 23.0 Å². The zero-order valence-electron chi connectivity index (χ0n) is 15.1. The Morgan fingerprint density at radius 2 is 2.04 bits per heavy atom. The van der Waals surface area contributed by atoms with E-state index in [0.29, 0.717) is 12.1 Å². The SMILES string of the molecule is O=C(Cc1cscn1)N1CCc2c([nH]c3ccccc23)[C@@H]1c1ccccc1F. The van der Waals surface area contributed by atoms with Gasteiger partial charge in [0.1, 0.15) is 11.9 Å². The Morgan fingerprint density at radius 3 is 2.86 bits per heavy atom. The van der Waals surface area contributed by atoms with Crippen LogP contribution in [0, 0.1) is 5.82 Å². The maximum atomic E-state index is 14.8. The molecule has 0 aliphatic carbocycles. The first-order valence-corrected chi connectivity index (χ1v) is 10.2. The van der Waals surface area contributed by atoms with Crippen molar-refractivity contribution in [3.05, 3.63) is 87.8 Å². The van der Waals surface area contributed by atoms with E-state index in [-0.39, 0.29) is 18.1 Å². The van der Waals surface area contributed by atoms with Crippen LogP contribution in [0.15, 0.2) is 59.4 Å². The van der Waals surface area contributed by atoms with Gasteiger partial charge >= 0.3 is 0 Å². The highest BCUT2D eigenvalue weighted by Crippen LogP contribution is 2.39. The van der Waals surface area contributed by atoms with Crippen LogP contribution >= 0.6 is 11.3 Å². The number of aromatic amines is 1. The quantitative estimate of drug-likeness (QED) is 0.560. The van der Waals surface area contributed by atoms with Gasteiger partial charge in [-0.15, -0.1) is 11.3 Å². The topological polar surface area (TPSA) is 49.0 Å². The zero-order chi connectivity index (χ0) is 19.1. The molecule has 4 aromatic rings. The summed E-state index contributed by atoms with van der Waals surface area (Å²) >= 11 is 1.47. The molecule has 0 saturated heterocycles. The van der Waals surface area contributed by atoms with Crippen molar-refractivity contribution < 1.29 is 9.18 Å². The van der Waals surface area contributed by atoms with Crippen LogP contribution in [-0.2, 0) is 17.6 Å². The van der Waals surface area contributed by atoms with Gasteiger partial charge in [0.15, 0.2) is 0 Å². The first-order valence-electron chi connectivity index (χ1n) is 9.23. The molecule has 0 fully saturated rings. The molecular weight excluding hydrogens is 373 g/mol. The van der Waals surface area contributed by atoms with Crippen molar-refractivity contribution in [2.24, 2.45) is 0 Å². The minimum Gasteiger partial charge on any atom is -0.356 e. The van der Waals surface area contributed by atoms with E-state index in [4.69, 9.17) is 0 Å². The van der Waals surface area contributed by atoms with Gasteiger partial charge < -0.3 is 9.88 Å². The second kappa shape index (κ2) is 6.87. The third-order valence-electron chi connectivity index (χ3n) is 5.37. The third-order valence-corrected chi connectivity index (χ3v) is 6.01. The number of hydrogen-bond acceptors (Lipinski definition) is 3. The molecule has 5 rings (SSSR count). The predicted molar refractivity (Wildman–Crippen MR) is 108 cm³/mol. The molecule has 1 N–H and O–H groups in total. The number of rotatable bonds is 3. The molecule has 0 saturated carbocycles. The van der Waals surface area contributed by atoms with E-state index in [1.807, 2.05) is 29.6 Å². The molecule has 1 aliphatic rings. The Bertz CT molecular complexity index is 1150. The lowest BCUT2D eigenvalue weighted by atomic mass is 9.91. The van der Waals surface area contributed by atoms with Gasteiger partial charge in [-0.2, -0.15) is 0 Å². The van der Waals surface area contributed by atoms with Gasteiger partial charge in [0.25, 0.3) is 0 Å². The van der Waals surface area contributed by atoms with Crippen molar-refractivity contribution in [3.8, 4) is 0 Å². The standard InChI is InChI=1S/C22H18FN3OS/c23-18-7-3-1-6-17(18)22-21-16(15-5-2-4-8-19(15)25-21)9-10-26(22)20(27)11-14-12-28-13-24-14/h1-8,12-13,22,25H,9-11H2/t22-/m0/s1. The second-order valence-electron chi connectivity index (χ2n) is 6.98. The van der Waals surface area contributed by atoms with Crippen LogP contribution in [0.3, 0.4) is 0 Å². The second-order valence-corrected chi connectivity index (χ2v) is 7.70. The van der Waals surface area contributed by atoms with E-state index in [2.05, 4.69) is 16.0 Å². The molecule has 1 amide bonds. The number of hydrogen-bond donors (Lipinski definition) is 1. The number of fused-ring (bicyclic) bond motifs is 3. The molecule has 0 radical (unpaired) electrons. The molecule has 2 aromatic heterocycles. The number of amides is 1. The fourth-order valence-corrected chi connectivity index (χ4v) is 4.67. The predicted octanol–water partition coefficient (Wildman–Crippen LogP) is 4.48. The van der Waals surface area contributed by atoms with Gasteiger partial charge in [-0.3, -0.25) is 4.79 Å². The number of H-pyrrole nitrogens is 1. The number of carbonyl (C=O) groups excluding carboxylic acids is 1. The van der Waals surface area contributed by atoms with Crippen molar-refractivity contribution in [1.82, 2.24) is 14.9 Å². The van der Waals surface area contributed by atoms with Crippen molar-refractivity contribution in [3.63, 3.8) is 0 Å². The molecule has 6 heteroatoms. The molecule has 4 nitrogen and oxygen atoms in total. The van der Waals surface area contributed by atoms with Crippen molar-refractivity contribution in [1.29, 1.82) is 0 Å². The molecule has 2 aromatic carbocycles. The Balaban J connectivity index is 1.63. The Labute approximate surface area is 165 Å². The average Bonchev–Trinajstić information content (AvgIpc) is 3.35. The minimum atomic E-state index is -0.469. The van der Waals surface area contributed by atoms with Gasteiger partial charge in [0, 0.05) is 34.1 Å². The number of aromatic nitrogens is 2. The van der Waals surface area contributed by atoms with E-state index < -0.39 is 6.04 Å². The number of benzene rings is 2. The summed E-state index contributed by atoms with van der Waals surface area (Å²) in [6.07, 6.45) is 0.969. The van der Waals surface area contributed by atoms with Crippen LogP contribution in [0.4, 0.5) is 4.39 Å². The maximum absolute atomic E-state index is 14.8. The first-order chi connectivity index (χ1) is 13.7. The highest BCUT2D eigenvalue weighted by Gasteiger charge is 2.35. The number of para-hydroxylation sites is 1. The van der Waals surface area contributed by atoms with Gasteiger partial charge in [-0.25, -0.2) is 9.37 Å². The Kier molecular flexibility index (Phi) is 4.20. The molecule has 0 spiro atoms. The lowest BCUT2D eigenvalue weighted by molar-refractivity contribution is -0.132. The summed E-state index contributed by atoms with van der Waals surface area (Å²) in [4.78, 5) is 22.6. The Morgan fingerprint density at radius 1 is 1.21 bits per heavy atom. The minimum absolute atomic E-state index is 0.0385. The monoisotopic (exact) mass is 391 g/mol. The van der Waals surface area contributed by atoms with Crippen LogP contribution in [0.2, 0.25) is 0 Å². The summed E-state index contributed by atoms with van der Waals surface area (Å²) in [7, 11) is 0. The van der Waals surface area contributed by atoms with Crippen molar-refractivity contribution >= 4 is 28.1 Å². The van der Waals surface area contributed by atoms with E-state index in [1.54, 1.807) is 22.5 Å². The molecule has 140 valence electrons. The van der Waals surface area contributed by atoms with Crippen molar-refractivity contribution in [2.45, 2.75) is 18.9 Å². The zero-order valence-corrected chi connectivity index (χ0v) is 15.9. The highest BCUT2D eigenvalue weighted by atomic mass is 32.1. The molecule has 1 aliphatic heterocycles. The summed E-state index contributed by atoms with van der Waals surface area (Å²) in [6, 6.07) is 14.3. The molecular formula is C22H18FN3OS. The van der Waals surface area contributed by atoms with E-state index in [0.717, 1.165) is 28.7 Å². The molecule has 3 heterocycles. The molecule has 0 bridgehead atoms. The number of halogens is 1. The summed E-state index contributed by atoms with van der Waals surface area (Å²) in [5.74, 6) is -0.339. The third kappa shape index (κ3) is 2.81. The fraction of sp³-hybridized carbons (Fsp3) is 0.182. The molecule has 0 unspecified atom stereocenters. The van der Waals surface area contributed by atoms with Gasteiger partial charge in [0.2, 0.25) is 5.91 Å². The van der Waals surface area contributed by atoms with Gasteiger partial charge in [-0.05, 0) is 24.1 Å². The average molecular weight is 391 g/mol. The van der Waals surface area contributed by atoms with E-state index in [9.17, 15) is 9.18 Å². The maximum Gasteiger partial charge on any atom is 0.229 e. The van der Waals surface area contributed by atoms with Crippen molar-refractivity contribution in [2.75, 3.05) is 6.54 Å². The smallest absolute Gasteiger partial charge is 0.229 e. The molecule has 1 atom stereocenters. The van der Waals surface area contributed by atoms with Crippen LogP contribution in [0.25, 0.3) is 10.9 Å². The summed E-state index contributed by atoms with van der Waals surface area (Å²) < 4.78 is 14.8. The normalized spacial score (nSPS) is 16.3. The van der Waals surface area contributed by atoms with Crippen LogP contribution in [0.1, 0.15) is 28.6 Å². The first kappa shape index (κ1) is 17.1. The van der Waals surface area contributed by atoms with Gasteiger partial charge in [0.05, 0.1) is 17.6 Å². The van der Waals surface area contributed by atoms with Crippen LogP contribution in [-0.4, -0.2) is 27.3 Å². The number of nitrogens with one attached hydrogen (secondary N) is 1. The largest absolute Gasteiger partial charge is 0.356 e. The number of carbonyl (C=O) groups is 1. The highest BCUT2D eigenvalue weighted by molar-refractivity contribution is 7.07. The summed E-state index contributed by atoms with van der Waals surface area (Å²) in [5, 5.41) is 3.03. The van der Waals surface area contributed by atoms with Crippen LogP contribution < -0.4 is 0 Å². The Hall–Kier alpha value is -2.99. The number of thiazole rings is 1.